The van der Waals surface area contributed by atoms with E-state index in [1.807, 2.05) is 0 Å². The van der Waals surface area contributed by atoms with Crippen LogP contribution >= 0.6 is 0 Å². The molecule has 1 fully saturated rings. The van der Waals surface area contributed by atoms with Crippen molar-refractivity contribution >= 4 is 22.5 Å². The van der Waals surface area contributed by atoms with Crippen LogP contribution in [0.5, 0.6) is 0 Å². The summed E-state index contributed by atoms with van der Waals surface area (Å²) < 4.78 is 86.3. The Morgan fingerprint density at radius 3 is 2.46 bits per heavy atom. The molecule has 0 aliphatic carbocycles. The van der Waals surface area contributed by atoms with Gasteiger partial charge in [0.15, 0.2) is 6.04 Å². The molecule has 2 unspecified atom stereocenters. The molecular weight excluding hydrogens is 506 g/mol. The van der Waals surface area contributed by atoms with Crippen molar-refractivity contribution < 1.29 is 35.9 Å². The van der Waals surface area contributed by atoms with Gasteiger partial charge in [0.25, 0.3) is 11.5 Å². The molecule has 3 aromatic rings. The van der Waals surface area contributed by atoms with Gasteiger partial charge in [-0.2, -0.15) is 26.3 Å². The lowest BCUT2D eigenvalue weighted by molar-refractivity contribution is -0.202. The first-order valence-electron chi connectivity index (χ1n) is 11.2. The number of nitrogens with one attached hydrogen (secondary N) is 2. The van der Waals surface area contributed by atoms with Crippen molar-refractivity contribution in [3.63, 3.8) is 0 Å². The van der Waals surface area contributed by atoms with Crippen molar-refractivity contribution in [2.75, 3.05) is 25.1 Å². The summed E-state index contributed by atoms with van der Waals surface area (Å²) in [7, 11) is 0. The zero-order valence-electron chi connectivity index (χ0n) is 19.6. The molecule has 7 nitrogen and oxygen atoms in total. The number of rotatable bonds is 4. The summed E-state index contributed by atoms with van der Waals surface area (Å²) in [6, 6.07) is 4.32. The van der Waals surface area contributed by atoms with Crippen LogP contribution in [0.15, 0.2) is 41.2 Å². The summed E-state index contributed by atoms with van der Waals surface area (Å²) in [6.07, 6.45) is -9.37. The maximum absolute atomic E-state index is 13.8. The van der Waals surface area contributed by atoms with Crippen molar-refractivity contribution in [2.45, 2.75) is 38.3 Å². The van der Waals surface area contributed by atoms with Crippen LogP contribution in [0.3, 0.4) is 0 Å². The fourth-order valence-corrected chi connectivity index (χ4v) is 4.24. The first-order valence-corrected chi connectivity index (χ1v) is 11.2. The van der Waals surface area contributed by atoms with Gasteiger partial charge in [0, 0.05) is 23.8 Å². The zero-order chi connectivity index (χ0) is 27.1. The zero-order valence-corrected chi connectivity index (χ0v) is 19.6. The Labute approximate surface area is 206 Å². The summed E-state index contributed by atoms with van der Waals surface area (Å²) in [6.45, 7) is 2.02. The molecule has 1 saturated heterocycles. The van der Waals surface area contributed by atoms with Gasteiger partial charge < -0.3 is 19.9 Å². The molecule has 2 N–H and O–H groups in total. The monoisotopic (exact) mass is 528 g/mol. The predicted octanol–water partition coefficient (Wildman–Crippen LogP) is 4.83. The Bertz CT molecular complexity index is 1370. The van der Waals surface area contributed by atoms with E-state index in [4.69, 9.17) is 4.74 Å². The number of alkyl halides is 6. The summed E-state index contributed by atoms with van der Waals surface area (Å²) in [5.74, 6) is -0.654. The molecule has 2 heterocycles. The minimum atomic E-state index is -4.72. The number of aromatic amines is 1. The lowest BCUT2D eigenvalue weighted by Gasteiger charge is -2.36. The van der Waals surface area contributed by atoms with Crippen LogP contribution in [0.2, 0.25) is 0 Å². The van der Waals surface area contributed by atoms with Gasteiger partial charge in [0.05, 0.1) is 29.7 Å². The molecule has 0 radical (unpaired) electrons. The van der Waals surface area contributed by atoms with Crippen LogP contribution in [0.25, 0.3) is 10.9 Å². The number of aromatic nitrogens is 2. The standard InChI is InChI=1S/C24H22F6N4O3/c1-12(16-9-17-19(10-18(16)23(25,26)27)32-13(2)33-21(17)35)31-15-5-3-14(4-6-15)22(36)34-7-8-37-11-20(34)24(28,29)30/h3-6,9-10,12,20,31H,7-8,11H2,1-2H3,(H,32,33,35). The van der Waals surface area contributed by atoms with Crippen LogP contribution in [0, 0.1) is 6.92 Å². The second-order valence-electron chi connectivity index (χ2n) is 8.68. The van der Waals surface area contributed by atoms with E-state index in [1.54, 1.807) is 0 Å². The number of hydrogen-bond donors (Lipinski definition) is 2. The molecule has 2 aromatic carbocycles. The summed E-state index contributed by atoms with van der Waals surface area (Å²) >= 11 is 0. The number of hydrogen-bond acceptors (Lipinski definition) is 5. The summed E-state index contributed by atoms with van der Waals surface area (Å²) in [5, 5.41) is 2.88. The van der Waals surface area contributed by atoms with Crippen molar-refractivity contribution in [1.29, 1.82) is 0 Å². The van der Waals surface area contributed by atoms with Crippen molar-refractivity contribution in [3.05, 3.63) is 69.3 Å². The van der Waals surface area contributed by atoms with Gasteiger partial charge >= 0.3 is 12.4 Å². The highest BCUT2D eigenvalue weighted by molar-refractivity contribution is 5.95. The van der Waals surface area contributed by atoms with E-state index in [-0.39, 0.29) is 41.0 Å². The Morgan fingerprint density at radius 1 is 1.16 bits per heavy atom. The summed E-state index contributed by atoms with van der Waals surface area (Å²) in [5.41, 5.74) is -1.51. The number of benzene rings is 2. The molecule has 0 saturated carbocycles. The Hall–Kier alpha value is -3.61. The average molecular weight is 528 g/mol. The van der Waals surface area contributed by atoms with Gasteiger partial charge in [-0.15, -0.1) is 0 Å². The molecule has 37 heavy (non-hydrogen) atoms. The molecule has 1 aliphatic heterocycles. The fourth-order valence-electron chi connectivity index (χ4n) is 4.24. The van der Waals surface area contributed by atoms with Crippen LogP contribution in [0.4, 0.5) is 32.0 Å². The second-order valence-corrected chi connectivity index (χ2v) is 8.68. The molecule has 1 aromatic heterocycles. The maximum Gasteiger partial charge on any atom is 0.416 e. The molecule has 0 spiro atoms. The number of amides is 1. The molecule has 13 heteroatoms. The van der Waals surface area contributed by atoms with E-state index >= 15 is 0 Å². The summed E-state index contributed by atoms with van der Waals surface area (Å²) in [4.78, 5) is 32.2. The highest BCUT2D eigenvalue weighted by Gasteiger charge is 2.47. The number of morpholine rings is 1. The number of carbonyl (C=O) groups excluding carboxylic acids is 1. The molecule has 2 atom stereocenters. The second kappa shape index (κ2) is 9.69. The normalized spacial score (nSPS) is 17.6. The Kier molecular flexibility index (Phi) is 6.93. The quantitative estimate of drug-likeness (QED) is 0.474. The molecule has 4 rings (SSSR count). The third-order valence-corrected chi connectivity index (χ3v) is 6.05. The number of ether oxygens (including phenoxy) is 1. The average Bonchev–Trinajstić information content (AvgIpc) is 2.82. The lowest BCUT2D eigenvalue weighted by atomic mass is 9.98. The largest absolute Gasteiger partial charge is 0.416 e. The van der Waals surface area contributed by atoms with E-state index in [1.165, 1.54) is 38.1 Å². The minimum Gasteiger partial charge on any atom is -0.379 e. The number of fused-ring (bicyclic) bond motifs is 1. The predicted molar refractivity (Wildman–Crippen MR) is 122 cm³/mol. The molecule has 198 valence electrons. The minimum absolute atomic E-state index is 0.00655. The van der Waals surface area contributed by atoms with Gasteiger partial charge in [-0.05, 0) is 55.8 Å². The molecular formula is C24H22F6N4O3. The van der Waals surface area contributed by atoms with Crippen LogP contribution < -0.4 is 10.9 Å². The SMILES string of the molecule is Cc1nc2cc(C(F)(F)F)c(C(C)Nc3ccc(C(=O)N4CCOCC4C(F)(F)F)cc3)cc2c(=O)[nH]1. The Balaban J connectivity index is 1.59. The topological polar surface area (TPSA) is 87.3 Å². The van der Waals surface area contributed by atoms with Gasteiger partial charge in [0.1, 0.15) is 5.82 Å². The van der Waals surface area contributed by atoms with Crippen molar-refractivity contribution in [1.82, 2.24) is 14.9 Å². The van der Waals surface area contributed by atoms with Crippen LogP contribution in [-0.2, 0) is 10.9 Å². The number of H-pyrrole nitrogens is 1. The third-order valence-electron chi connectivity index (χ3n) is 6.05. The van der Waals surface area contributed by atoms with Gasteiger partial charge in [-0.3, -0.25) is 9.59 Å². The Morgan fingerprint density at radius 2 is 1.84 bits per heavy atom. The number of anilines is 1. The van der Waals surface area contributed by atoms with Gasteiger partial charge in [-0.1, -0.05) is 0 Å². The van der Waals surface area contributed by atoms with Crippen molar-refractivity contribution in [3.8, 4) is 0 Å². The molecule has 1 amide bonds. The number of nitrogens with zero attached hydrogens (tertiary/aromatic N) is 2. The van der Waals surface area contributed by atoms with Gasteiger partial charge in [-0.25, -0.2) is 4.98 Å². The van der Waals surface area contributed by atoms with Crippen LogP contribution in [0.1, 0.15) is 40.3 Å². The third kappa shape index (κ3) is 5.55. The maximum atomic E-state index is 13.8. The number of aryl methyl sites for hydroxylation is 1. The van der Waals surface area contributed by atoms with Gasteiger partial charge in [0.2, 0.25) is 0 Å². The van der Waals surface area contributed by atoms with E-state index in [9.17, 15) is 35.9 Å². The van der Waals surface area contributed by atoms with E-state index < -0.39 is 48.1 Å². The number of carbonyl (C=O) groups is 1. The van der Waals surface area contributed by atoms with Crippen molar-refractivity contribution in [2.24, 2.45) is 0 Å². The fraction of sp³-hybridized carbons (Fsp3) is 0.375. The van der Waals surface area contributed by atoms with E-state index in [0.717, 1.165) is 12.1 Å². The number of halogens is 6. The molecule has 0 bridgehead atoms. The lowest BCUT2D eigenvalue weighted by Crippen LogP contribution is -2.55. The first kappa shape index (κ1) is 26.5. The first-order chi connectivity index (χ1) is 17.3. The van der Waals surface area contributed by atoms with E-state index in [0.29, 0.717) is 10.6 Å². The van der Waals surface area contributed by atoms with E-state index in [2.05, 4.69) is 15.3 Å². The van der Waals surface area contributed by atoms with Crippen LogP contribution in [-0.4, -0.2) is 52.8 Å². The highest BCUT2D eigenvalue weighted by atomic mass is 19.4. The highest BCUT2D eigenvalue weighted by Crippen LogP contribution is 2.37. The smallest absolute Gasteiger partial charge is 0.379 e. The molecule has 1 aliphatic rings.